The van der Waals surface area contributed by atoms with Gasteiger partial charge in [-0.25, -0.2) is 4.39 Å². The highest BCUT2D eigenvalue weighted by Gasteiger charge is 2.33. The number of hydrogen-bond donors (Lipinski definition) is 1. The van der Waals surface area contributed by atoms with Crippen molar-refractivity contribution >= 4 is 5.69 Å². The highest BCUT2D eigenvalue weighted by atomic mass is 19.1. The Balaban J connectivity index is 2.23. The van der Waals surface area contributed by atoms with Gasteiger partial charge in [0.2, 0.25) is 0 Å². The van der Waals surface area contributed by atoms with Crippen LogP contribution in [0.4, 0.5) is 10.1 Å². The monoisotopic (exact) mass is 179 g/mol. The van der Waals surface area contributed by atoms with Crippen LogP contribution < -0.4 is 5.32 Å². The Kier molecular flexibility index (Phi) is 1.79. The summed E-state index contributed by atoms with van der Waals surface area (Å²) in [4.78, 5) is 0. The van der Waals surface area contributed by atoms with Gasteiger partial charge in [-0.1, -0.05) is 18.2 Å². The summed E-state index contributed by atoms with van der Waals surface area (Å²) in [6, 6.07) is 7.94. The molecule has 1 aliphatic heterocycles. The predicted molar refractivity (Wildman–Crippen MR) is 52.7 cm³/mol. The maximum atomic E-state index is 13.6. The number of benzene rings is 1. The molecule has 0 saturated carbocycles. The molecule has 0 radical (unpaired) electrons. The largest absolute Gasteiger partial charge is 0.379 e. The van der Waals surface area contributed by atoms with E-state index in [1.165, 1.54) is 5.56 Å². The quantitative estimate of drug-likeness (QED) is 0.699. The van der Waals surface area contributed by atoms with Gasteiger partial charge in [0, 0.05) is 5.69 Å². The lowest BCUT2D eigenvalue weighted by Gasteiger charge is -2.22. The minimum Gasteiger partial charge on any atom is -0.379 e. The van der Waals surface area contributed by atoms with E-state index in [1.807, 2.05) is 24.3 Å². The van der Waals surface area contributed by atoms with E-state index in [0.29, 0.717) is 0 Å². The van der Waals surface area contributed by atoms with E-state index in [9.17, 15) is 4.39 Å². The number of nitrogens with one attached hydrogen (secondary N) is 1. The van der Waals surface area contributed by atoms with Crippen LogP contribution in [0, 0.1) is 0 Å². The number of hydrogen-bond acceptors (Lipinski definition) is 1. The van der Waals surface area contributed by atoms with Gasteiger partial charge in [0.15, 0.2) is 0 Å². The first-order valence-electron chi connectivity index (χ1n) is 4.61. The lowest BCUT2D eigenvalue weighted by Crippen LogP contribution is -2.36. The van der Waals surface area contributed by atoms with E-state index in [-0.39, 0.29) is 6.04 Å². The zero-order valence-electron chi connectivity index (χ0n) is 7.97. The molecule has 2 heteroatoms. The van der Waals surface area contributed by atoms with Gasteiger partial charge in [-0.2, -0.15) is 0 Å². The summed E-state index contributed by atoms with van der Waals surface area (Å²) in [6.07, 6.45) is 0.791. The third kappa shape index (κ3) is 1.53. The molecule has 1 aromatic carbocycles. The molecular formula is C11H14FN. The summed E-state index contributed by atoms with van der Waals surface area (Å²) in [7, 11) is 0. The lowest BCUT2D eigenvalue weighted by atomic mass is 9.98. The first-order valence-corrected chi connectivity index (χ1v) is 4.61. The molecule has 1 aromatic rings. The molecule has 1 atom stereocenters. The number of anilines is 1. The van der Waals surface area contributed by atoms with E-state index in [4.69, 9.17) is 0 Å². The second-order valence-electron chi connectivity index (χ2n) is 4.12. The molecule has 1 nitrogen and oxygen atoms in total. The highest BCUT2D eigenvalue weighted by molar-refractivity contribution is 5.57. The van der Waals surface area contributed by atoms with Gasteiger partial charge in [0.05, 0.1) is 6.04 Å². The molecule has 1 heterocycles. The lowest BCUT2D eigenvalue weighted by molar-refractivity contribution is 0.187. The van der Waals surface area contributed by atoms with Gasteiger partial charge in [-0.3, -0.25) is 0 Å². The van der Waals surface area contributed by atoms with E-state index >= 15 is 0 Å². The summed E-state index contributed by atoms with van der Waals surface area (Å²) in [6.45, 7) is 3.24. The van der Waals surface area contributed by atoms with Crippen molar-refractivity contribution in [3.63, 3.8) is 0 Å². The maximum absolute atomic E-state index is 13.6. The fraction of sp³-hybridized carbons (Fsp3) is 0.455. The normalized spacial score (nSPS) is 21.0. The second-order valence-corrected chi connectivity index (χ2v) is 4.12. The topological polar surface area (TPSA) is 12.0 Å². The summed E-state index contributed by atoms with van der Waals surface area (Å²) in [5, 5.41) is 3.20. The first kappa shape index (κ1) is 8.54. The number of para-hydroxylation sites is 1. The minimum absolute atomic E-state index is 0.0788. The van der Waals surface area contributed by atoms with Crippen LogP contribution in [-0.4, -0.2) is 11.7 Å². The van der Waals surface area contributed by atoms with Crippen LogP contribution in [0.1, 0.15) is 19.4 Å². The fourth-order valence-corrected chi connectivity index (χ4v) is 1.71. The summed E-state index contributed by atoms with van der Waals surface area (Å²) < 4.78 is 13.6. The average molecular weight is 179 g/mol. The van der Waals surface area contributed by atoms with Crippen LogP contribution >= 0.6 is 0 Å². The maximum Gasteiger partial charge on any atom is 0.125 e. The van der Waals surface area contributed by atoms with Crippen LogP contribution in [0.2, 0.25) is 0 Å². The van der Waals surface area contributed by atoms with E-state index < -0.39 is 5.67 Å². The predicted octanol–water partition coefficient (Wildman–Crippen LogP) is 2.77. The third-order valence-electron chi connectivity index (χ3n) is 2.60. The van der Waals surface area contributed by atoms with Crippen molar-refractivity contribution in [1.82, 2.24) is 0 Å². The van der Waals surface area contributed by atoms with Gasteiger partial charge < -0.3 is 5.32 Å². The molecule has 1 unspecified atom stereocenters. The van der Waals surface area contributed by atoms with Crippen LogP contribution in [0.25, 0.3) is 0 Å². The molecule has 0 aromatic heterocycles. The van der Waals surface area contributed by atoms with Gasteiger partial charge in [-0.15, -0.1) is 0 Å². The summed E-state index contributed by atoms with van der Waals surface area (Å²) in [5.41, 5.74) is 1.15. The summed E-state index contributed by atoms with van der Waals surface area (Å²) >= 11 is 0. The van der Waals surface area contributed by atoms with Crippen molar-refractivity contribution in [2.24, 2.45) is 0 Å². The van der Waals surface area contributed by atoms with Crippen LogP contribution in [-0.2, 0) is 6.42 Å². The summed E-state index contributed by atoms with van der Waals surface area (Å²) in [5.74, 6) is 0. The van der Waals surface area contributed by atoms with Crippen molar-refractivity contribution in [3.8, 4) is 0 Å². The van der Waals surface area contributed by atoms with E-state index in [2.05, 4.69) is 5.32 Å². The molecule has 1 N–H and O–H groups in total. The molecule has 2 rings (SSSR count). The van der Waals surface area contributed by atoms with Gasteiger partial charge >= 0.3 is 0 Å². The second kappa shape index (κ2) is 2.72. The molecule has 0 amide bonds. The Morgan fingerprint density at radius 2 is 2.08 bits per heavy atom. The SMILES string of the molecule is CC(C)(F)C1Cc2ccccc2N1. The van der Waals surface area contributed by atoms with Gasteiger partial charge in [0.1, 0.15) is 5.67 Å². The van der Waals surface area contributed by atoms with Crippen molar-refractivity contribution < 1.29 is 4.39 Å². The zero-order valence-corrected chi connectivity index (χ0v) is 7.97. The molecule has 0 aliphatic carbocycles. The molecule has 13 heavy (non-hydrogen) atoms. The zero-order chi connectivity index (χ0) is 9.47. The Bertz CT molecular complexity index is 289. The Labute approximate surface area is 78.0 Å². The first-order chi connectivity index (χ1) is 6.07. The van der Waals surface area contributed by atoms with Gasteiger partial charge in [-0.05, 0) is 31.9 Å². The fourth-order valence-electron chi connectivity index (χ4n) is 1.71. The van der Waals surface area contributed by atoms with Crippen molar-refractivity contribution in [3.05, 3.63) is 29.8 Å². The molecule has 0 spiro atoms. The van der Waals surface area contributed by atoms with Crippen LogP contribution in [0.5, 0.6) is 0 Å². The van der Waals surface area contributed by atoms with E-state index in [0.717, 1.165) is 12.1 Å². The van der Waals surface area contributed by atoms with Crippen molar-refractivity contribution in [2.45, 2.75) is 32.0 Å². The number of fused-ring (bicyclic) bond motifs is 1. The number of alkyl halides is 1. The smallest absolute Gasteiger partial charge is 0.125 e. The number of rotatable bonds is 1. The van der Waals surface area contributed by atoms with E-state index in [1.54, 1.807) is 13.8 Å². The number of halogens is 1. The molecule has 70 valence electrons. The Morgan fingerprint density at radius 1 is 1.38 bits per heavy atom. The highest BCUT2D eigenvalue weighted by Crippen LogP contribution is 2.31. The van der Waals surface area contributed by atoms with Crippen LogP contribution in [0.15, 0.2) is 24.3 Å². The molecule has 0 fully saturated rings. The molecular weight excluding hydrogens is 165 g/mol. The molecule has 1 aliphatic rings. The Morgan fingerprint density at radius 3 is 2.69 bits per heavy atom. The molecule has 0 saturated heterocycles. The average Bonchev–Trinajstić information content (AvgIpc) is 2.45. The third-order valence-corrected chi connectivity index (χ3v) is 2.60. The standard InChI is InChI=1S/C11H14FN/c1-11(2,12)10-7-8-5-3-4-6-9(8)13-10/h3-6,10,13H,7H2,1-2H3. The van der Waals surface area contributed by atoms with Gasteiger partial charge in [0.25, 0.3) is 0 Å². The van der Waals surface area contributed by atoms with Crippen molar-refractivity contribution in [1.29, 1.82) is 0 Å². The molecule has 0 bridgehead atoms. The van der Waals surface area contributed by atoms with Crippen LogP contribution in [0.3, 0.4) is 0 Å². The Hall–Kier alpha value is -1.05. The van der Waals surface area contributed by atoms with Crippen molar-refractivity contribution in [2.75, 3.05) is 5.32 Å². The minimum atomic E-state index is -1.15.